The summed E-state index contributed by atoms with van der Waals surface area (Å²) in [5.41, 5.74) is 3.09. The number of hydrogen-bond donors (Lipinski definition) is 1. The maximum absolute atomic E-state index is 12.6. The van der Waals surface area contributed by atoms with Crippen molar-refractivity contribution in [3.63, 3.8) is 0 Å². The largest absolute Gasteiger partial charge is 0.436 e. The second-order valence-corrected chi connectivity index (χ2v) is 8.75. The van der Waals surface area contributed by atoms with Crippen molar-refractivity contribution in [2.24, 2.45) is 0 Å². The maximum atomic E-state index is 12.6. The molecule has 4 aromatic rings. The molecule has 0 aliphatic carbocycles. The van der Waals surface area contributed by atoms with Gasteiger partial charge in [-0.2, -0.15) is 0 Å². The summed E-state index contributed by atoms with van der Waals surface area (Å²) in [6, 6.07) is 16.6. The summed E-state index contributed by atoms with van der Waals surface area (Å²) in [7, 11) is -3.69. The van der Waals surface area contributed by atoms with Crippen LogP contribution in [0.25, 0.3) is 22.6 Å². The van der Waals surface area contributed by atoms with Crippen molar-refractivity contribution >= 4 is 50.0 Å². The van der Waals surface area contributed by atoms with E-state index >= 15 is 0 Å². The van der Waals surface area contributed by atoms with Gasteiger partial charge in [0.15, 0.2) is 5.58 Å². The number of hydrogen-bond acceptors (Lipinski definition) is 4. The summed E-state index contributed by atoms with van der Waals surface area (Å²) < 4.78 is 33.4. The summed E-state index contributed by atoms with van der Waals surface area (Å²) in [5, 5.41) is 0.835. The van der Waals surface area contributed by atoms with Gasteiger partial charge < -0.3 is 4.42 Å². The first-order valence-electron chi connectivity index (χ1n) is 8.27. The van der Waals surface area contributed by atoms with Crippen LogP contribution in [0.1, 0.15) is 5.56 Å². The second kappa shape index (κ2) is 7.13. The molecule has 1 aromatic heterocycles. The van der Waals surface area contributed by atoms with Crippen LogP contribution in [-0.2, 0) is 10.0 Å². The molecule has 3 aromatic carbocycles. The van der Waals surface area contributed by atoms with Gasteiger partial charge in [0, 0.05) is 5.56 Å². The third-order valence-corrected chi connectivity index (χ3v) is 6.27. The van der Waals surface area contributed by atoms with Crippen LogP contribution in [0, 0.1) is 6.92 Å². The van der Waals surface area contributed by atoms with Crippen molar-refractivity contribution in [1.82, 2.24) is 4.98 Å². The minimum atomic E-state index is -3.69. The molecule has 5 nitrogen and oxygen atoms in total. The van der Waals surface area contributed by atoms with E-state index in [-0.39, 0.29) is 4.90 Å². The van der Waals surface area contributed by atoms with E-state index in [2.05, 4.69) is 9.71 Å². The van der Waals surface area contributed by atoms with Gasteiger partial charge in [0.25, 0.3) is 10.0 Å². The second-order valence-electron chi connectivity index (χ2n) is 6.25. The van der Waals surface area contributed by atoms with Crippen molar-refractivity contribution in [3.8, 4) is 11.5 Å². The summed E-state index contributed by atoms with van der Waals surface area (Å²) in [6.45, 7) is 1.90. The van der Waals surface area contributed by atoms with E-state index in [9.17, 15) is 8.42 Å². The molecular formula is C20H14Cl2N2O3S. The first-order chi connectivity index (χ1) is 13.3. The van der Waals surface area contributed by atoms with Gasteiger partial charge in [0.1, 0.15) is 5.52 Å². The predicted octanol–water partition coefficient (Wildman–Crippen LogP) is 5.91. The standard InChI is InChI=1S/C20H14Cl2N2O3S/c1-12-2-6-15(7-3-12)28(25,26)24-14-5-9-19-18(11-14)23-20(27-19)13-4-8-16(21)17(22)10-13/h2-11,24H,1H3. The fourth-order valence-corrected chi connectivity index (χ4v) is 4.02. The summed E-state index contributed by atoms with van der Waals surface area (Å²) in [4.78, 5) is 4.62. The Kier molecular flexibility index (Phi) is 4.79. The first-order valence-corrected chi connectivity index (χ1v) is 10.5. The highest BCUT2D eigenvalue weighted by molar-refractivity contribution is 7.92. The number of oxazole rings is 1. The molecule has 142 valence electrons. The molecule has 0 amide bonds. The number of halogens is 2. The number of nitrogens with one attached hydrogen (secondary N) is 1. The molecule has 0 bridgehead atoms. The molecule has 28 heavy (non-hydrogen) atoms. The lowest BCUT2D eigenvalue weighted by Gasteiger charge is -2.08. The van der Waals surface area contributed by atoms with Crippen LogP contribution < -0.4 is 4.72 Å². The highest BCUT2D eigenvalue weighted by Gasteiger charge is 2.16. The van der Waals surface area contributed by atoms with Crippen LogP contribution in [-0.4, -0.2) is 13.4 Å². The zero-order valence-electron chi connectivity index (χ0n) is 14.6. The Balaban J connectivity index is 1.66. The lowest BCUT2D eigenvalue weighted by atomic mass is 10.2. The van der Waals surface area contributed by atoms with Crippen LogP contribution >= 0.6 is 23.2 Å². The molecule has 0 saturated heterocycles. The lowest BCUT2D eigenvalue weighted by molar-refractivity contribution is 0.601. The number of aromatic nitrogens is 1. The first kappa shape index (κ1) is 18.8. The minimum absolute atomic E-state index is 0.190. The van der Waals surface area contributed by atoms with Gasteiger partial charge in [-0.25, -0.2) is 13.4 Å². The molecule has 0 aliphatic rings. The van der Waals surface area contributed by atoms with Crippen LogP contribution in [0.4, 0.5) is 5.69 Å². The minimum Gasteiger partial charge on any atom is -0.436 e. The van der Waals surface area contributed by atoms with E-state index in [1.165, 1.54) is 0 Å². The van der Waals surface area contributed by atoms with E-state index in [1.54, 1.807) is 60.7 Å². The van der Waals surface area contributed by atoms with E-state index in [0.29, 0.717) is 38.3 Å². The number of fused-ring (bicyclic) bond motifs is 1. The van der Waals surface area contributed by atoms with E-state index < -0.39 is 10.0 Å². The molecule has 0 spiro atoms. The molecule has 0 atom stereocenters. The number of sulfonamides is 1. The molecule has 1 N–H and O–H groups in total. The van der Waals surface area contributed by atoms with Gasteiger partial charge in [-0.1, -0.05) is 40.9 Å². The Morgan fingerprint density at radius 3 is 2.39 bits per heavy atom. The quantitative estimate of drug-likeness (QED) is 0.434. The highest BCUT2D eigenvalue weighted by Crippen LogP contribution is 2.31. The van der Waals surface area contributed by atoms with Crippen molar-refractivity contribution in [3.05, 3.63) is 76.3 Å². The van der Waals surface area contributed by atoms with Crippen LogP contribution in [0.5, 0.6) is 0 Å². The molecule has 8 heteroatoms. The Hall–Kier alpha value is -2.54. The average Bonchev–Trinajstić information content (AvgIpc) is 3.07. The maximum Gasteiger partial charge on any atom is 0.261 e. The zero-order valence-corrected chi connectivity index (χ0v) is 16.9. The molecule has 0 aliphatic heterocycles. The molecule has 4 rings (SSSR count). The summed E-state index contributed by atoms with van der Waals surface area (Å²) in [6.07, 6.45) is 0. The zero-order chi connectivity index (χ0) is 19.9. The molecular weight excluding hydrogens is 419 g/mol. The number of nitrogens with zero attached hydrogens (tertiary/aromatic N) is 1. The number of rotatable bonds is 4. The Labute approximate surface area is 172 Å². The lowest BCUT2D eigenvalue weighted by Crippen LogP contribution is -2.12. The molecule has 0 saturated carbocycles. The van der Waals surface area contributed by atoms with Gasteiger partial charge in [-0.3, -0.25) is 4.72 Å². The summed E-state index contributed by atoms with van der Waals surface area (Å²) in [5.74, 6) is 0.368. The van der Waals surface area contributed by atoms with Crippen molar-refractivity contribution in [2.45, 2.75) is 11.8 Å². The Morgan fingerprint density at radius 2 is 1.68 bits per heavy atom. The summed E-state index contributed by atoms with van der Waals surface area (Å²) >= 11 is 12.0. The van der Waals surface area contributed by atoms with Gasteiger partial charge in [-0.05, 0) is 55.5 Å². The third-order valence-electron chi connectivity index (χ3n) is 4.14. The van der Waals surface area contributed by atoms with Crippen molar-refractivity contribution in [2.75, 3.05) is 4.72 Å². The Bertz CT molecular complexity index is 1280. The monoisotopic (exact) mass is 432 g/mol. The fraction of sp³-hybridized carbons (Fsp3) is 0.0500. The number of benzene rings is 3. The Morgan fingerprint density at radius 1 is 0.929 bits per heavy atom. The van der Waals surface area contributed by atoms with Gasteiger partial charge >= 0.3 is 0 Å². The average molecular weight is 433 g/mol. The van der Waals surface area contributed by atoms with Crippen LogP contribution in [0.15, 0.2) is 70.0 Å². The van der Waals surface area contributed by atoms with Gasteiger partial charge in [0.05, 0.1) is 20.6 Å². The molecule has 0 radical (unpaired) electrons. The normalized spacial score (nSPS) is 11.7. The van der Waals surface area contributed by atoms with E-state index in [0.717, 1.165) is 5.56 Å². The van der Waals surface area contributed by atoms with Crippen molar-refractivity contribution < 1.29 is 12.8 Å². The fourth-order valence-electron chi connectivity index (χ4n) is 2.68. The smallest absolute Gasteiger partial charge is 0.261 e. The van der Waals surface area contributed by atoms with Gasteiger partial charge in [-0.15, -0.1) is 0 Å². The van der Waals surface area contributed by atoms with E-state index in [1.807, 2.05) is 6.92 Å². The van der Waals surface area contributed by atoms with Crippen LogP contribution in [0.2, 0.25) is 10.0 Å². The molecule has 0 fully saturated rings. The van der Waals surface area contributed by atoms with Crippen molar-refractivity contribution in [1.29, 1.82) is 0 Å². The van der Waals surface area contributed by atoms with Gasteiger partial charge in [0.2, 0.25) is 5.89 Å². The third kappa shape index (κ3) is 3.71. The highest BCUT2D eigenvalue weighted by atomic mass is 35.5. The SMILES string of the molecule is Cc1ccc(S(=O)(=O)Nc2ccc3oc(-c4ccc(Cl)c(Cl)c4)nc3c2)cc1. The number of aryl methyl sites for hydroxylation is 1. The number of anilines is 1. The van der Waals surface area contributed by atoms with Crippen LogP contribution in [0.3, 0.4) is 0 Å². The molecule has 0 unspecified atom stereocenters. The van der Waals surface area contributed by atoms with E-state index in [4.69, 9.17) is 27.6 Å². The predicted molar refractivity (Wildman–Crippen MR) is 111 cm³/mol. The topological polar surface area (TPSA) is 72.2 Å². The molecule has 1 heterocycles.